The fourth-order valence-electron chi connectivity index (χ4n) is 2.96. The summed E-state index contributed by atoms with van der Waals surface area (Å²) in [7, 11) is 0. The van der Waals surface area contributed by atoms with Gasteiger partial charge in [0.1, 0.15) is 30.5 Å². The van der Waals surface area contributed by atoms with Gasteiger partial charge in [-0.3, -0.25) is 4.79 Å². The number of nitrogens with one attached hydrogen (secondary N) is 2. The molecule has 3 rings (SSSR count). The van der Waals surface area contributed by atoms with Gasteiger partial charge in [0.05, 0.1) is 18.3 Å². The topological polar surface area (TPSA) is 68.8 Å². The van der Waals surface area contributed by atoms with Crippen LogP contribution in [0.4, 0.5) is 5.69 Å². The van der Waals surface area contributed by atoms with Gasteiger partial charge in [-0.15, -0.1) is 0 Å². The minimum absolute atomic E-state index is 0.102. The Balaban J connectivity index is 1.40. The predicted molar refractivity (Wildman–Crippen MR) is 126 cm³/mol. The molecule has 0 radical (unpaired) electrons. The van der Waals surface area contributed by atoms with Gasteiger partial charge in [0, 0.05) is 6.54 Å². The normalized spacial score (nSPS) is 10.5. The SMILES string of the molecule is CC(C)Oc1ccc(CNC(=O)CNc2ccccc2OCCOc2ccccc2)cc1. The molecule has 0 bridgehead atoms. The summed E-state index contributed by atoms with van der Waals surface area (Å²) in [6, 6.07) is 24.9. The molecule has 6 heteroatoms. The van der Waals surface area contributed by atoms with Crippen LogP contribution < -0.4 is 24.8 Å². The van der Waals surface area contributed by atoms with Gasteiger partial charge in [0.2, 0.25) is 5.91 Å². The Morgan fingerprint density at radius 2 is 1.50 bits per heavy atom. The van der Waals surface area contributed by atoms with E-state index >= 15 is 0 Å². The van der Waals surface area contributed by atoms with Crippen LogP contribution in [0.15, 0.2) is 78.9 Å². The molecular formula is C26H30N2O4. The molecule has 0 aliphatic carbocycles. The second kappa shape index (κ2) is 12.2. The van der Waals surface area contributed by atoms with E-state index in [1.165, 1.54) is 0 Å². The average molecular weight is 435 g/mol. The first-order chi connectivity index (χ1) is 15.6. The van der Waals surface area contributed by atoms with Gasteiger partial charge >= 0.3 is 0 Å². The van der Waals surface area contributed by atoms with Gasteiger partial charge in [-0.25, -0.2) is 0 Å². The van der Waals surface area contributed by atoms with Crippen LogP contribution >= 0.6 is 0 Å². The predicted octanol–water partition coefficient (Wildman–Crippen LogP) is 4.66. The van der Waals surface area contributed by atoms with E-state index in [1.807, 2.05) is 92.7 Å². The van der Waals surface area contributed by atoms with Crippen LogP contribution in [0.1, 0.15) is 19.4 Å². The number of carbonyl (C=O) groups is 1. The van der Waals surface area contributed by atoms with E-state index in [0.717, 1.165) is 22.7 Å². The van der Waals surface area contributed by atoms with Crippen LogP contribution in [-0.4, -0.2) is 31.8 Å². The molecule has 3 aromatic carbocycles. The Kier molecular flexibility index (Phi) is 8.80. The molecule has 0 fully saturated rings. The number of para-hydroxylation sites is 3. The molecule has 0 atom stereocenters. The van der Waals surface area contributed by atoms with Crippen molar-refractivity contribution in [2.75, 3.05) is 25.1 Å². The third-order valence-corrected chi connectivity index (χ3v) is 4.46. The monoisotopic (exact) mass is 434 g/mol. The van der Waals surface area contributed by atoms with Crippen molar-refractivity contribution >= 4 is 11.6 Å². The Morgan fingerprint density at radius 1 is 0.812 bits per heavy atom. The van der Waals surface area contributed by atoms with Gasteiger partial charge in [0.25, 0.3) is 0 Å². The highest BCUT2D eigenvalue weighted by Gasteiger charge is 2.06. The summed E-state index contributed by atoms with van der Waals surface area (Å²) in [5.74, 6) is 2.20. The highest BCUT2D eigenvalue weighted by molar-refractivity contribution is 5.81. The number of benzene rings is 3. The van der Waals surface area contributed by atoms with Gasteiger partial charge in [-0.2, -0.15) is 0 Å². The second-order valence-electron chi connectivity index (χ2n) is 7.45. The van der Waals surface area contributed by atoms with Crippen molar-refractivity contribution in [2.24, 2.45) is 0 Å². The summed E-state index contributed by atoms with van der Waals surface area (Å²) < 4.78 is 17.1. The highest BCUT2D eigenvalue weighted by Crippen LogP contribution is 2.23. The van der Waals surface area contributed by atoms with E-state index in [2.05, 4.69) is 10.6 Å². The summed E-state index contributed by atoms with van der Waals surface area (Å²) in [5.41, 5.74) is 1.77. The third-order valence-electron chi connectivity index (χ3n) is 4.46. The molecular weight excluding hydrogens is 404 g/mol. The van der Waals surface area contributed by atoms with Crippen LogP contribution in [0.2, 0.25) is 0 Å². The maximum absolute atomic E-state index is 12.3. The number of carbonyl (C=O) groups excluding carboxylic acids is 1. The number of amides is 1. The van der Waals surface area contributed by atoms with Crippen molar-refractivity contribution in [2.45, 2.75) is 26.5 Å². The van der Waals surface area contributed by atoms with E-state index in [1.54, 1.807) is 0 Å². The van der Waals surface area contributed by atoms with Crippen molar-refractivity contribution in [3.8, 4) is 17.2 Å². The first-order valence-electron chi connectivity index (χ1n) is 10.8. The lowest BCUT2D eigenvalue weighted by atomic mass is 10.2. The average Bonchev–Trinajstić information content (AvgIpc) is 2.81. The maximum Gasteiger partial charge on any atom is 0.239 e. The molecule has 0 saturated carbocycles. The first-order valence-corrected chi connectivity index (χ1v) is 10.8. The molecule has 0 aliphatic rings. The number of ether oxygens (including phenoxy) is 3. The molecule has 6 nitrogen and oxygen atoms in total. The fraction of sp³-hybridized carbons (Fsp3) is 0.269. The Morgan fingerprint density at radius 3 is 2.25 bits per heavy atom. The molecule has 2 N–H and O–H groups in total. The molecule has 0 aromatic heterocycles. The molecule has 0 saturated heterocycles. The van der Waals surface area contributed by atoms with Gasteiger partial charge in [-0.1, -0.05) is 42.5 Å². The zero-order valence-corrected chi connectivity index (χ0v) is 18.5. The zero-order chi connectivity index (χ0) is 22.6. The molecule has 0 aliphatic heterocycles. The van der Waals surface area contributed by atoms with E-state index in [0.29, 0.717) is 25.5 Å². The Hall–Kier alpha value is -3.67. The highest BCUT2D eigenvalue weighted by atomic mass is 16.5. The largest absolute Gasteiger partial charge is 0.491 e. The second-order valence-corrected chi connectivity index (χ2v) is 7.45. The van der Waals surface area contributed by atoms with E-state index < -0.39 is 0 Å². The lowest BCUT2D eigenvalue weighted by Crippen LogP contribution is -2.29. The van der Waals surface area contributed by atoms with Crippen LogP contribution in [0, 0.1) is 0 Å². The van der Waals surface area contributed by atoms with E-state index in [9.17, 15) is 4.79 Å². The summed E-state index contributed by atoms with van der Waals surface area (Å²) in [6.07, 6.45) is 0.134. The number of hydrogen-bond donors (Lipinski definition) is 2. The summed E-state index contributed by atoms with van der Waals surface area (Å²) in [6.45, 7) is 5.41. The Bertz CT molecular complexity index is 959. The van der Waals surface area contributed by atoms with Crippen LogP contribution in [0.25, 0.3) is 0 Å². The fourth-order valence-corrected chi connectivity index (χ4v) is 2.96. The smallest absolute Gasteiger partial charge is 0.239 e. The van der Waals surface area contributed by atoms with Crippen molar-refractivity contribution in [1.29, 1.82) is 0 Å². The standard InChI is InChI=1S/C26H30N2O4/c1-20(2)32-23-14-12-21(13-15-23)18-28-26(29)19-27-24-10-6-7-11-25(24)31-17-16-30-22-8-4-3-5-9-22/h3-15,20,27H,16-19H2,1-2H3,(H,28,29). The maximum atomic E-state index is 12.3. The minimum atomic E-state index is -0.102. The Labute approximate surface area is 189 Å². The molecule has 3 aromatic rings. The van der Waals surface area contributed by atoms with Crippen molar-refractivity contribution < 1.29 is 19.0 Å². The lowest BCUT2D eigenvalue weighted by Gasteiger charge is -2.14. The van der Waals surface area contributed by atoms with Crippen molar-refractivity contribution in [3.05, 3.63) is 84.4 Å². The molecule has 0 heterocycles. The zero-order valence-electron chi connectivity index (χ0n) is 18.5. The number of anilines is 1. The quantitative estimate of drug-likeness (QED) is 0.406. The molecule has 168 valence electrons. The summed E-state index contributed by atoms with van der Waals surface area (Å²) >= 11 is 0. The van der Waals surface area contributed by atoms with Crippen LogP contribution in [0.5, 0.6) is 17.2 Å². The van der Waals surface area contributed by atoms with Crippen LogP contribution in [-0.2, 0) is 11.3 Å². The van der Waals surface area contributed by atoms with Gasteiger partial charge < -0.3 is 24.8 Å². The molecule has 0 spiro atoms. The van der Waals surface area contributed by atoms with Gasteiger partial charge in [-0.05, 0) is 55.8 Å². The molecule has 0 unspecified atom stereocenters. The van der Waals surface area contributed by atoms with Crippen molar-refractivity contribution in [3.63, 3.8) is 0 Å². The van der Waals surface area contributed by atoms with Crippen molar-refractivity contribution in [1.82, 2.24) is 5.32 Å². The summed E-state index contributed by atoms with van der Waals surface area (Å²) in [5, 5.41) is 6.06. The number of rotatable bonds is 12. The van der Waals surface area contributed by atoms with Gasteiger partial charge in [0.15, 0.2) is 0 Å². The minimum Gasteiger partial charge on any atom is -0.491 e. The number of hydrogen-bond acceptors (Lipinski definition) is 5. The first kappa shape index (κ1) is 23.0. The third kappa shape index (κ3) is 7.87. The lowest BCUT2D eigenvalue weighted by molar-refractivity contribution is -0.119. The van der Waals surface area contributed by atoms with E-state index in [-0.39, 0.29) is 18.6 Å². The van der Waals surface area contributed by atoms with E-state index in [4.69, 9.17) is 14.2 Å². The van der Waals surface area contributed by atoms with Crippen LogP contribution in [0.3, 0.4) is 0 Å². The summed E-state index contributed by atoms with van der Waals surface area (Å²) in [4.78, 5) is 12.3. The molecule has 1 amide bonds. The molecule has 32 heavy (non-hydrogen) atoms.